The number of hydrogen-bond acceptors (Lipinski definition) is 7. The SMILES string of the molecule is CS(=O)(=O)C1(C(NC(=O)c2ccc(C#CCCO)cc2)C(=O)NO)CNC1. The Labute approximate surface area is 157 Å². The molecule has 1 unspecified atom stereocenters. The second-order valence-electron chi connectivity index (χ2n) is 6.18. The van der Waals surface area contributed by atoms with Crippen LogP contribution in [0.5, 0.6) is 0 Å². The molecule has 0 aromatic heterocycles. The summed E-state index contributed by atoms with van der Waals surface area (Å²) in [6.07, 6.45) is 1.32. The fourth-order valence-corrected chi connectivity index (χ4v) is 4.01. The predicted molar refractivity (Wildman–Crippen MR) is 96.7 cm³/mol. The molecule has 146 valence electrons. The molecule has 1 aromatic rings. The molecule has 2 rings (SSSR count). The monoisotopic (exact) mass is 395 g/mol. The van der Waals surface area contributed by atoms with Crippen LogP contribution in [-0.4, -0.2) is 67.3 Å². The van der Waals surface area contributed by atoms with Gasteiger partial charge in [-0.2, -0.15) is 0 Å². The molecule has 10 heteroatoms. The van der Waals surface area contributed by atoms with Gasteiger partial charge in [0.15, 0.2) is 9.84 Å². The molecule has 9 nitrogen and oxygen atoms in total. The van der Waals surface area contributed by atoms with Gasteiger partial charge in [-0.3, -0.25) is 14.8 Å². The topological polar surface area (TPSA) is 145 Å². The summed E-state index contributed by atoms with van der Waals surface area (Å²) in [7, 11) is -3.72. The van der Waals surface area contributed by atoms with Gasteiger partial charge >= 0.3 is 0 Å². The second-order valence-corrected chi connectivity index (χ2v) is 8.53. The average molecular weight is 395 g/mol. The van der Waals surface area contributed by atoms with Crippen LogP contribution in [0.25, 0.3) is 0 Å². The smallest absolute Gasteiger partial charge is 0.267 e. The first kappa shape index (κ1) is 20.9. The summed E-state index contributed by atoms with van der Waals surface area (Å²) in [6.45, 7) is -0.0914. The Morgan fingerprint density at radius 1 is 1.30 bits per heavy atom. The molecule has 1 fully saturated rings. The number of aliphatic hydroxyl groups is 1. The molecule has 1 heterocycles. The van der Waals surface area contributed by atoms with Gasteiger partial charge in [0.2, 0.25) is 0 Å². The predicted octanol–water partition coefficient (Wildman–Crippen LogP) is -1.59. The van der Waals surface area contributed by atoms with Crippen molar-refractivity contribution in [2.45, 2.75) is 17.2 Å². The molecule has 1 saturated heterocycles. The van der Waals surface area contributed by atoms with Crippen LogP contribution in [0.2, 0.25) is 0 Å². The van der Waals surface area contributed by atoms with Gasteiger partial charge < -0.3 is 15.7 Å². The Bertz CT molecular complexity index is 866. The van der Waals surface area contributed by atoms with Crippen LogP contribution in [0.15, 0.2) is 24.3 Å². The maximum absolute atomic E-state index is 12.5. The maximum Gasteiger partial charge on any atom is 0.267 e. The molecule has 27 heavy (non-hydrogen) atoms. The lowest BCUT2D eigenvalue weighted by molar-refractivity contribution is -0.132. The van der Waals surface area contributed by atoms with Crippen LogP contribution in [0.1, 0.15) is 22.3 Å². The zero-order valence-corrected chi connectivity index (χ0v) is 15.5. The summed E-state index contributed by atoms with van der Waals surface area (Å²) in [4.78, 5) is 24.6. The number of sulfone groups is 1. The van der Waals surface area contributed by atoms with Gasteiger partial charge in [0.1, 0.15) is 10.8 Å². The lowest BCUT2D eigenvalue weighted by Gasteiger charge is -2.45. The Kier molecular flexibility index (Phi) is 6.56. The average Bonchev–Trinajstić information content (AvgIpc) is 2.58. The molecule has 1 aliphatic rings. The van der Waals surface area contributed by atoms with Crippen molar-refractivity contribution >= 4 is 21.7 Å². The van der Waals surface area contributed by atoms with Gasteiger partial charge in [-0.1, -0.05) is 11.8 Å². The summed E-state index contributed by atoms with van der Waals surface area (Å²) in [5.74, 6) is 3.90. The van der Waals surface area contributed by atoms with Gasteiger partial charge in [0.05, 0.1) is 6.61 Å². The molecule has 0 spiro atoms. The highest BCUT2D eigenvalue weighted by Gasteiger charge is 2.56. The van der Waals surface area contributed by atoms with E-state index in [0.717, 1.165) is 6.26 Å². The molecule has 0 bridgehead atoms. The highest BCUT2D eigenvalue weighted by Crippen LogP contribution is 2.27. The summed E-state index contributed by atoms with van der Waals surface area (Å²) in [6, 6.07) is 4.70. The van der Waals surface area contributed by atoms with Crippen molar-refractivity contribution in [1.82, 2.24) is 16.1 Å². The third kappa shape index (κ3) is 4.45. The number of hydroxylamine groups is 1. The van der Waals surface area contributed by atoms with Crippen LogP contribution < -0.4 is 16.1 Å². The minimum absolute atomic E-state index is 0.0242. The van der Waals surface area contributed by atoms with Crippen LogP contribution in [-0.2, 0) is 14.6 Å². The maximum atomic E-state index is 12.5. The van der Waals surface area contributed by atoms with E-state index in [-0.39, 0.29) is 25.3 Å². The highest BCUT2D eigenvalue weighted by molar-refractivity contribution is 7.92. The Balaban J connectivity index is 2.22. The number of hydrogen-bond donors (Lipinski definition) is 5. The van der Waals surface area contributed by atoms with Crippen molar-refractivity contribution in [3.8, 4) is 11.8 Å². The van der Waals surface area contributed by atoms with E-state index in [2.05, 4.69) is 22.5 Å². The molecule has 1 aromatic carbocycles. The van der Waals surface area contributed by atoms with E-state index in [1.165, 1.54) is 17.6 Å². The summed E-state index contributed by atoms with van der Waals surface area (Å²) in [5, 5.41) is 22.9. The number of rotatable bonds is 6. The molecule has 2 amide bonds. The van der Waals surface area contributed by atoms with E-state index >= 15 is 0 Å². The van der Waals surface area contributed by atoms with E-state index in [4.69, 9.17) is 10.3 Å². The van der Waals surface area contributed by atoms with Gasteiger partial charge in [-0.05, 0) is 24.3 Å². The first-order valence-electron chi connectivity index (χ1n) is 8.10. The summed E-state index contributed by atoms with van der Waals surface area (Å²) >= 11 is 0. The standard InChI is InChI=1S/C17H21N3O6S/c1-27(25,26)17(10-18-11-17)14(16(23)20-24)19-15(22)13-7-5-12(6-8-13)4-2-3-9-21/h5-8,14,18,21,24H,3,9-11H2,1H3,(H,19,22)(H,20,23). The number of aliphatic hydroxyl groups excluding tert-OH is 1. The quantitative estimate of drug-likeness (QED) is 0.222. The van der Waals surface area contributed by atoms with E-state index < -0.39 is 32.4 Å². The molecule has 1 atom stereocenters. The Morgan fingerprint density at radius 3 is 2.37 bits per heavy atom. The third-order valence-electron chi connectivity index (χ3n) is 4.38. The fraction of sp³-hybridized carbons (Fsp3) is 0.412. The van der Waals surface area contributed by atoms with Crippen molar-refractivity contribution in [3.63, 3.8) is 0 Å². The normalized spacial score (nSPS) is 16.3. The van der Waals surface area contributed by atoms with Crippen molar-refractivity contribution in [1.29, 1.82) is 0 Å². The Hall–Kier alpha value is -2.45. The fourth-order valence-electron chi connectivity index (χ4n) is 2.69. The number of amides is 2. The molecular formula is C17H21N3O6S. The van der Waals surface area contributed by atoms with Crippen LogP contribution in [0, 0.1) is 11.8 Å². The number of benzene rings is 1. The van der Waals surface area contributed by atoms with E-state index in [1.807, 2.05) is 0 Å². The first-order chi connectivity index (χ1) is 12.7. The summed E-state index contributed by atoms with van der Waals surface area (Å²) < 4.78 is 22.9. The molecule has 0 radical (unpaired) electrons. The van der Waals surface area contributed by atoms with E-state index in [9.17, 15) is 18.0 Å². The Morgan fingerprint density at radius 2 is 1.93 bits per heavy atom. The zero-order valence-electron chi connectivity index (χ0n) is 14.7. The van der Waals surface area contributed by atoms with E-state index in [1.54, 1.807) is 12.1 Å². The third-order valence-corrected chi connectivity index (χ3v) is 6.38. The summed E-state index contributed by atoms with van der Waals surface area (Å²) in [5.41, 5.74) is 2.26. The molecule has 1 aliphatic heterocycles. The van der Waals surface area contributed by atoms with E-state index in [0.29, 0.717) is 12.0 Å². The number of nitrogens with one attached hydrogen (secondary N) is 3. The molecular weight excluding hydrogens is 374 g/mol. The van der Waals surface area contributed by atoms with Crippen LogP contribution >= 0.6 is 0 Å². The van der Waals surface area contributed by atoms with Crippen molar-refractivity contribution in [3.05, 3.63) is 35.4 Å². The molecule has 0 saturated carbocycles. The van der Waals surface area contributed by atoms with Crippen LogP contribution in [0.4, 0.5) is 0 Å². The lowest BCUT2D eigenvalue weighted by atomic mass is 9.91. The van der Waals surface area contributed by atoms with Crippen molar-refractivity contribution in [2.75, 3.05) is 26.0 Å². The molecule has 5 N–H and O–H groups in total. The van der Waals surface area contributed by atoms with Gasteiger partial charge in [0, 0.05) is 36.9 Å². The number of carbonyl (C=O) groups is 2. The lowest BCUT2D eigenvalue weighted by Crippen LogP contribution is -2.76. The number of carbonyl (C=O) groups excluding carboxylic acids is 2. The van der Waals surface area contributed by atoms with Gasteiger partial charge in [-0.15, -0.1) is 0 Å². The van der Waals surface area contributed by atoms with Crippen molar-refractivity contribution in [2.24, 2.45) is 0 Å². The van der Waals surface area contributed by atoms with Crippen molar-refractivity contribution < 1.29 is 28.3 Å². The van der Waals surface area contributed by atoms with Gasteiger partial charge in [-0.25, -0.2) is 13.9 Å². The van der Waals surface area contributed by atoms with Gasteiger partial charge in [0.25, 0.3) is 11.8 Å². The first-order valence-corrected chi connectivity index (χ1v) is 9.99. The molecule has 0 aliphatic carbocycles. The largest absolute Gasteiger partial charge is 0.395 e. The highest BCUT2D eigenvalue weighted by atomic mass is 32.2. The van der Waals surface area contributed by atoms with Crippen LogP contribution in [0.3, 0.4) is 0 Å². The minimum Gasteiger partial charge on any atom is -0.395 e. The zero-order chi connectivity index (χ0) is 20.1. The second kappa shape index (κ2) is 8.49. The minimum atomic E-state index is -3.72.